The maximum absolute atomic E-state index is 5.73. The standard InChI is InChI=1S/C11H21NO.2C9H19NO.3C2H6/c1-2-9-13-10-11-5-3-7-12(11)8-4-6-11;1-8(2)11-7-9-5-4-6-10(9)3;1-4-11-8(2)9-6-5-7-10(9)3;3*1-2/h2-10H2,1H3;2*8-9H,4-7H2,1-3H3;3*1-2H3. The van der Waals surface area contributed by atoms with Crippen LogP contribution in [0.25, 0.3) is 0 Å². The number of nitrogens with zero attached hydrogens (tertiary/aromatic N) is 3. The summed E-state index contributed by atoms with van der Waals surface area (Å²) in [7, 11) is 4.37. The fourth-order valence-electron chi connectivity index (χ4n) is 6.26. The third-order valence-corrected chi connectivity index (χ3v) is 8.37. The molecule has 4 saturated heterocycles. The molecule has 0 saturated carbocycles. The van der Waals surface area contributed by atoms with E-state index in [1.165, 1.54) is 77.5 Å². The Balaban J connectivity index is 0. The molecule has 0 bridgehead atoms. The summed E-state index contributed by atoms with van der Waals surface area (Å²) in [5, 5.41) is 0. The van der Waals surface area contributed by atoms with Crippen molar-refractivity contribution in [2.45, 2.75) is 164 Å². The lowest BCUT2D eigenvalue weighted by molar-refractivity contribution is 0.0236. The Hall–Kier alpha value is -0.240. The van der Waals surface area contributed by atoms with E-state index in [4.69, 9.17) is 14.2 Å². The van der Waals surface area contributed by atoms with E-state index < -0.39 is 0 Å². The van der Waals surface area contributed by atoms with Crippen LogP contribution in [0.1, 0.15) is 134 Å². The highest BCUT2D eigenvalue weighted by Gasteiger charge is 2.44. The van der Waals surface area contributed by atoms with Crippen molar-refractivity contribution in [2.75, 3.05) is 66.7 Å². The van der Waals surface area contributed by atoms with E-state index in [2.05, 4.69) is 63.4 Å². The van der Waals surface area contributed by atoms with Crippen molar-refractivity contribution in [1.82, 2.24) is 14.7 Å². The third kappa shape index (κ3) is 17.0. The van der Waals surface area contributed by atoms with Crippen LogP contribution >= 0.6 is 0 Å². The summed E-state index contributed by atoms with van der Waals surface area (Å²) >= 11 is 0. The summed E-state index contributed by atoms with van der Waals surface area (Å²) in [4.78, 5) is 7.45. The number of ether oxygens (including phenoxy) is 3. The van der Waals surface area contributed by atoms with Gasteiger partial charge in [-0.3, -0.25) is 4.90 Å². The zero-order valence-electron chi connectivity index (χ0n) is 30.4. The highest BCUT2D eigenvalue weighted by atomic mass is 16.5. The average molecular weight is 588 g/mol. The van der Waals surface area contributed by atoms with E-state index >= 15 is 0 Å². The van der Waals surface area contributed by atoms with Gasteiger partial charge in [0.25, 0.3) is 0 Å². The van der Waals surface area contributed by atoms with Crippen LogP contribution in [0, 0.1) is 0 Å². The van der Waals surface area contributed by atoms with E-state index in [0.29, 0.717) is 29.8 Å². The van der Waals surface area contributed by atoms with Gasteiger partial charge in [-0.05, 0) is 126 Å². The van der Waals surface area contributed by atoms with Crippen molar-refractivity contribution in [3.63, 3.8) is 0 Å². The van der Waals surface area contributed by atoms with Crippen molar-refractivity contribution in [3.05, 3.63) is 0 Å². The molecule has 0 amide bonds. The fourth-order valence-corrected chi connectivity index (χ4v) is 6.26. The molecule has 4 fully saturated rings. The van der Waals surface area contributed by atoms with Gasteiger partial charge in [0, 0.05) is 30.8 Å². The van der Waals surface area contributed by atoms with Gasteiger partial charge in [-0.2, -0.15) is 0 Å². The molecule has 4 aliphatic rings. The first-order valence-electron chi connectivity index (χ1n) is 17.8. The third-order valence-electron chi connectivity index (χ3n) is 8.37. The zero-order chi connectivity index (χ0) is 31.7. The Morgan fingerprint density at radius 1 is 0.732 bits per heavy atom. The first-order valence-corrected chi connectivity index (χ1v) is 17.8. The highest BCUT2D eigenvalue weighted by Crippen LogP contribution is 2.38. The topological polar surface area (TPSA) is 37.4 Å². The molecule has 0 radical (unpaired) electrons. The number of hydrogen-bond acceptors (Lipinski definition) is 6. The Labute approximate surface area is 259 Å². The summed E-state index contributed by atoms with van der Waals surface area (Å²) in [5.41, 5.74) is 0.467. The van der Waals surface area contributed by atoms with E-state index in [-0.39, 0.29) is 0 Å². The number of fused-ring (bicyclic) bond motifs is 1. The molecular weight excluding hydrogens is 510 g/mol. The summed E-state index contributed by atoms with van der Waals surface area (Å²) in [5.74, 6) is 0. The van der Waals surface area contributed by atoms with Crippen LogP contribution in [0.4, 0.5) is 0 Å². The van der Waals surface area contributed by atoms with Crippen molar-refractivity contribution in [2.24, 2.45) is 0 Å². The molecule has 4 rings (SSSR count). The lowest BCUT2D eigenvalue weighted by Crippen LogP contribution is -2.42. The summed E-state index contributed by atoms with van der Waals surface area (Å²) in [6.07, 6.45) is 12.7. The largest absolute Gasteiger partial charge is 0.380 e. The van der Waals surface area contributed by atoms with Gasteiger partial charge >= 0.3 is 0 Å². The molecule has 3 atom stereocenters. The number of hydrogen-bond donors (Lipinski definition) is 0. The normalized spacial score (nSPS) is 23.9. The first-order chi connectivity index (χ1) is 19.8. The number of rotatable bonds is 10. The Morgan fingerprint density at radius 3 is 1.73 bits per heavy atom. The highest BCUT2D eigenvalue weighted by molar-refractivity contribution is 5.00. The molecule has 41 heavy (non-hydrogen) atoms. The van der Waals surface area contributed by atoms with Crippen molar-refractivity contribution in [3.8, 4) is 0 Å². The van der Waals surface area contributed by atoms with Gasteiger partial charge in [-0.25, -0.2) is 0 Å². The van der Waals surface area contributed by atoms with E-state index in [1.54, 1.807) is 0 Å². The Morgan fingerprint density at radius 2 is 1.29 bits per heavy atom. The van der Waals surface area contributed by atoms with E-state index in [9.17, 15) is 0 Å². The molecule has 6 nitrogen and oxygen atoms in total. The SMILES string of the molecule is CC.CC.CC.CC(C)OCC1CCCN1C.CCCOCC12CCCN1CCC2.CCOC(C)C1CCCN1C. The average Bonchev–Trinajstić information content (AvgIpc) is 3.77. The predicted octanol–water partition coefficient (Wildman–Crippen LogP) is 8.13. The van der Waals surface area contributed by atoms with Crippen molar-refractivity contribution in [1.29, 1.82) is 0 Å². The van der Waals surface area contributed by atoms with E-state index in [1.807, 2.05) is 41.5 Å². The molecule has 0 spiro atoms. The van der Waals surface area contributed by atoms with Gasteiger partial charge in [0.15, 0.2) is 0 Å². The molecule has 0 aromatic carbocycles. The maximum Gasteiger partial charge on any atom is 0.0701 e. The lowest BCUT2D eigenvalue weighted by Gasteiger charge is -2.31. The quantitative estimate of drug-likeness (QED) is 0.240. The van der Waals surface area contributed by atoms with Crippen molar-refractivity contribution >= 4 is 0 Å². The van der Waals surface area contributed by atoms with Crippen LogP contribution in [-0.2, 0) is 14.2 Å². The molecule has 0 N–H and O–H groups in total. The summed E-state index contributed by atoms with van der Waals surface area (Å²) < 4.78 is 16.8. The Bertz CT molecular complexity index is 539. The van der Waals surface area contributed by atoms with Crippen LogP contribution in [0.15, 0.2) is 0 Å². The van der Waals surface area contributed by atoms with Crippen LogP contribution in [-0.4, -0.2) is 111 Å². The molecule has 6 heteroatoms. The number of likely N-dealkylation sites (tertiary alicyclic amines) is 2. The van der Waals surface area contributed by atoms with Crippen molar-refractivity contribution < 1.29 is 14.2 Å². The van der Waals surface area contributed by atoms with Gasteiger partial charge in [0.2, 0.25) is 0 Å². The first kappa shape index (κ1) is 42.9. The predicted molar refractivity (Wildman–Crippen MR) is 181 cm³/mol. The zero-order valence-corrected chi connectivity index (χ0v) is 30.4. The molecule has 0 aromatic heterocycles. The second kappa shape index (κ2) is 27.3. The maximum atomic E-state index is 5.73. The van der Waals surface area contributed by atoms with E-state index in [0.717, 1.165) is 32.8 Å². The molecule has 4 heterocycles. The van der Waals surface area contributed by atoms with Gasteiger partial charge in [0.1, 0.15) is 0 Å². The fraction of sp³-hybridized carbons (Fsp3) is 1.00. The summed E-state index contributed by atoms with van der Waals surface area (Å²) in [6, 6.07) is 1.34. The second-order valence-electron chi connectivity index (χ2n) is 11.5. The monoisotopic (exact) mass is 588 g/mol. The molecule has 4 aliphatic heterocycles. The van der Waals surface area contributed by atoms with Crippen LogP contribution in [0.2, 0.25) is 0 Å². The molecule has 0 aromatic rings. The van der Waals surface area contributed by atoms with Gasteiger partial charge in [-0.15, -0.1) is 0 Å². The van der Waals surface area contributed by atoms with Crippen LogP contribution in [0.5, 0.6) is 0 Å². The molecular formula is C35H77N3O3. The minimum atomic E-state index is 0.379. The van der Waals surface area contributed by atoms with Gasteiger partial charge in [-0.1, -0.05) is 48.5 Å². The lowest BCUT2D eigenvalue weighted by atomic mass is 9.95. The number of likely N-dealkylation sites (N-methyl/N-ethyl adjacent to an activating group) is 2. The van der Waals surface area contributed by atoms with Crippen LogP contribution < -0.4 is 0 Å². The second-order valence-corrected chi connectivity index (χ2v) is 11.5. The molecule has 3 unspecified atom stereocenters. The Kier molecular flexibility index (Phi) is 28.6. The van der Waals surface area contributed by atoms with Crippen LogP contribution in [0.3, 0.4) is 0 Å². The van der Waals surface area contributed by atoms with Gasteiger partial charge < -0.3 is 24.0 Å². The molecule has 0 aliphatic carbocycles. The smallest absolute Gasteiger partial charge is 0.0701 e. The minimum absolute atomic E-state index is 0.379. The van der Waals surface area contributed by atoms with Gasteiger partial charge in [0.05, 0.1) is 25.4 Å². The minimum Gasteiger partial charge on any atom is -0.380 e. The summed E-state index contributed by atoms with van der Waals surface area (Å²) in [6.45, 7) is 31.4. The molecule has 250 valence electrons.